The maximum atomic E-state index is 13.0. The van der Waals surface area contributed by atoms with Crippen LogP contribution in [0, 0.1) is 5.82 Å². The molecule has 1 aliphatic rings. The van der Waals surface area contributed by atoms with E-state index < -0.39 is 11.1 Å². The summed E-state index contributed by atoms with van der Waals surface area (Å²) in [6, 6.07) is 8.30. The Hall–Kier alpha value is -2.29. The molecule has 0 radical (unpaired) electrons. The number of nitrogens with one attached hydrogen (secondary N) is 1. The summed E-state index contributed by atoms with van der Waals surface area (Å²) in [5.74, 6) is -1.20. The number of benzene rings is 2. The van der Waals surface area contributed by atoms with Gasteiger partial charge < -0.3 is 10.4 Å². The minimum atomic E-state index is -0.640. The average molecular weight is 484 g/mol. The molecule has 2 N–H and O–H groups in total. The van der Waals surface area contributed by atoms with Crippen molar-refractivity contribution >= 4 is 63.3 Å². The zero-order chi connectivity index (χ0) is 22.5. The van der Waals surface area contributed by atoms with Crippen molar-refractivity contribution in [1.82, 2.24) is 4.90 Å². The van der Waals surface area contributed by atoms with Crippen LogP contribution < -0.4 is 5.32 Å². The van der Waals surface area contributed by atoms with Crippen LogP contribution in [0.1, 0.15) is 26.2 Å². The summed E-state index contributed by atoms with van der Waals surface area (Å²) in [7, 11) is 0. The molecule has 1 atom stereocenters. The summed E-state index contributed by atoms with van der Waals surface area (Å²) in [4.78, 5) is 31.4. The number of thioether (sulfide) groups is 1. The van der Waals surface area contributed by atoms with Crippen LogP contribution >= 0.6 is 35.0 Å². The van der Waals surface area contributed by atoms with Crippen LogP contribution in [-0.4, -0.2) is 38.8 Å². The summed E-state index contributed by atoms with van der Waals surface area (Å²) in [5, 5.41) is 12.3. The number of rotatable bonds is 7. The monoisotopic (exact) mass is 483 g/mol. The average Bonchev–Trinajstić information content (AvgIpc) is 3.00. The summed E-state index contributed by atoms with van der Waals surface area (Å²) in [6.45, 7) is 2.48. The molecule has 0 spiro atoms. The first-order valence-electron chi connectivity index (χ1n) is 9.58. The maximum Gasteiger partial charge on any atom is 0.242 e. The number of anilines is 1. The third kappa shape index (κ3) is 5.90. The molecule has 1 heterocycles. The second-order valence-electron chi connectivity index (χ2n) is 6.86. The Labute approximate surface area is 193 Å². The Bertz CT molecular complexity index is 994. The highest BCUT2D eigenvalue weighted by Gasteiger charge is 2.38. The molecule has 31 heavy (non-hydrogen) atoms. The molecule has 164 valence electrons. The van der Waals surface area contributed by atoms with Crippen LogP contribution in [0.4, 0.5) is 15.8 Å². The van der Waals surface area contributed by atoms with Crippen LogP contribution in [0.3, 0.4) is 0 Å². The van der Waals surface area contributed by atoms with Gasteiger partial charge in [-0.3, -0.25) is 14.5 Å². The molecule has 3 rings (SSSR count). The number of amidine groups is 1. The Morgan fingerprint density at radius 3 is 2.52 bits per heavy atom. The quantitative estimate of drug-likeness (QED) is 0.536. The first-order chi connectivity index (χ1) is 14.8. The maximum absolute atomic E-state index is 13.0. The number of aliphatic imine (C=N–C) groups is 1. The molecule has 10 heteroatoms. The van der Waals surface area contributed by atoms with E-state index in [1.807, 2.05) is 6.92 Å². The zero-order valence-electron chi connectivity index (χ0n) is 16.6. The van der Waals surface area contributed by atoms with Gasteiger partial charge in [-0.2, -0.15) is 0 Å². The lowest BCUT2D eigenvalue weighted by Gasteiger charge is -2.16. The molecule has 0 saturated carbocycles. The smallest absolute Gasteiger partial charge is 0.242 e. The third-order valence-corrected chi connectivity index (χ3v) is 6.23. The van der Waals surface area contributed by atoms with Crippen LogP contribution in [0.15, 0.2) is 41.4 Å². The van der Waals surface area contributed by atoms with E-state index in [2.05, 4.69) is 10.3 Å². The van der Waals surface area contributed by atoms with Crippen LogP contribution in [0.25, 0.3) is 0 Å². The van der Waals surface area contributed by atoms with Crippen molar-refractivity contribution in [2.45, 2.75) is 31.4 Å². The first kappa shape index (κ1) is 23.4. The van der Waals surface area contributed by atoms with Crippen molar-refractivity contribution in [1.29, 1.82) is 0 Å². The molecule has 2 aromatic rings. The Kier molecular flexibility index (Phi) is 7.80. The fraction of sp³-hybridized carbons (Fsp3) is 0.286. The number of phenols is 1. The van der Waals surface area contributed by atoms with Gasteiger partial charge in [0.1, 0.15) is 11.1 Å². The summed E-state index contributed by atoms with van der Waals surface area (Å²) >= 11 is 13.1. The number of amides is 2. The molecule has 1 saturated heterocycles. The van der Waals surface area contributed by atoms with Crippen molar-refractivity contribution in [2.75, 3.05) is 11.9 Å². The van der Waals surface area contributed by atoms with E-state index in [0.717, 1.165) is 12.8 Å². The zero-order valence-corrected chi connectivity index (χ0v) is 18.9. The Balaban J connectivity index is 1.77. The molecule has 1 aliphatic heterocycles. The number of halogens is 3. The number of nitrogens with zero attached hydrogens (tertiary/aromatic N) is 2. The van der Waals surface area contributed by atoms with E-state index in [1.165, 1.54) is 48.2 Å². The molecule has 1 unspecified atom stereocenters. The number of hydrogen-bond acceptors (Lipinski definition) is 5. The lowest BCUT2D eigenvalue weighted by Crippen LogP contribution is -2.34. The van der Waals surface area contributed by atoms with Gasteiger partial charge in [-0.1, -0.05) is 48.3 Å². The number of unbranched alkanes of at least 4 members (excludes halogenated alkanes) is 1. The van der Waals surface area contributed by atoms with E-state index in [0.29, 0.717) is 23.1 Å². The van der Waals surface area contributed by atoms with Gasteiger partial charge in [-0.25, -0.2) is 9.38 Å². The van der Waals surface area contributed by atoms with Crippen molar-refractivity contribution < 1.29 is 19.1 Å². The molecule has 2 amide bonds. The van der Waals surface area contributed by atoms with Gasteiger partial charge in [-0.15, -0.1) is 0 Å². The lowest BCUT2D eigenvalue weighted by molar-refractivity contribution is -0.128. The topological polar surface area (TPSA) is 82.0 Å². The Morgan fingerprint density at radius 1 is 1.26 bits per heavy atom. The van der Waals surface area contributed by atoms with Crippen molar-refractivity contribution in [3.63, 3.8) is 0 Å². The van der Waals surface area contributed by atoms with Crippen molar-refractivity contribution in [3.05, 3.63) is 52.3 Å². The Morgan fingerprint density at radius 2 is 1.90 bits per heavy atom. The third-order valence-electron chi connectivity index (χ3n) is 4.48. The molecule has 6 nitrogen and oxygen atoms in total. The molecule has 0 bridgehead atoms. The van der Waals surface area contributed by atoms with Crippen LogP contribution in [-0.2, 0) is 9.59 Å². The first-order valence-corrected chi connectivity index (χ1v) is 11.2. The number of carbonyl (C=O) groups excluding carboxylic acids is 2. The fourth-order valence-corrected chi connectivity index (χ4v) is 4.55. The van der Waals surface area contributed by atoms with Gasteiger partial charge >= 0.3 is 0 Å². The van der Waals surface area contributed by atoms with Gasteiger partial charge in [0.2, 0.25) is 11.8 Å². The van der Waals surface area contributed by atoms with Gasteiger partial charge in [0.25, 0.3) is 0 Å². The minimum Gasteiger partial charge on any atom is -0.505 e. The summed E-state index contributed by atoms with van der Waals surface area (Å²) in [5.41, 5.74) is 0.841. The van der Waals surface area contributed by atoms with Crippen LogP contribution in [0.5, 0.6) is 5.75 Å². The normalized spacial score (nSPS) is 17.4. The molecule has 1 fully saturated rings. The fourth-order valence-electron chi connectivity index (χ4n) is 2.89. The second-order valence-corrected chi connectivity index (χ2v) is 8.85. The van der Waals surface area contributed by atoms with Gasteiger partial charge in [0, 0.05) is 18.7 Å². The number of phenolic OH excluding ortho intramolecular Hbond substituents is 1. The molecule has 2 aromatic carbocycles. The SMILES string of the molecule is CCCCN1C(=O)C(CC(=O)Nc2ccc(F)cc2)SC1=Nc1cc(Cl)c(O)c(Cl)c1. The van der Waals surface area contributed by atoms with E-state index >= 15 is 0 Å². The minimum absolute atomic E-state index is 0.0523. The van der Waals surface area contributed by atoms with Crippen LogP contribution in [0.2, 0.25) is 10.0 Å². The predicted molar refractivity (Wildman–Crippen MR) is 123 cm³/mol. The van der Waals surface area contributed by atoms with Gasteiger partial charge in [0.05, 0.1) is 15.7 Å². The highest BCUT2D eigenvalue weighted by atomic mass is 35.5. The number of aromatic hydroxyl groups is 1. The van der Waals surface area contributed by atoms with E-state index in [4.69, 9.17) is 23.2 Å². The van der Waals surface area contributed by atoms with E-state index in [1.54, 1.807) is 4.90 Å². The van der Waals surface area contributed by atoms with Crippen molar-refractivity contribution in [2.24, 2.45) is 4.99 Å². The lowest BCUT2D eigenvalue weighted by atomic mass is 10.2. The van der Waals surface area contributed by atoms with E-state index in [-0.39, 0.29) is 34.0 Å². The van der Waals surface area contributed by atoms with Gasteiger partial charge in [-0.05, 0) is 42.8 Å². The standard InChI is InChI=1S/C21H20Cl2FN3O3S/c1-2-3-8-27-20(30)17(11-18(28)25-13-6-4-12(24)5-7-13)31-21(27)26-14-9-15(22)19(29)16(23)10-14/h4-7,9-10,17,29H,2-3,8,11H2,1H3,(H,25,28). The van der Waals surface area contributed by atoms with Gasteiger partial charge in [0.15, 0.2) is 10.9 Å². The second kappa shape index (κ2) is 10.3. The predicted octanol–water partition coefficient (Wildman–Crippen LogP) is 5.60. The van der Waals surface area contributed by atoms with Crippen molar-refractivity contribution in [3.8, 4) is 5.75 Å². The summed E-state index contributed by atoms with van der Waals surface area (Å²) < 4.78 is 13.0. The summed E-state index contributed by atoms with van der Waals surface area (Å²) in [6.07, 6.45) is 1.60. The van der Waals surface area contributed by atoms with E-state index in [9.17, 15) is 19.1 Å². The largest absolute Gasteiger partial charge is 0.505 e. The highest BCUT2D eigenvalue weighted by molar-refractivity contribution is 8.15. The molecule has 0 aromatic heterocycles. The highest BCUT2D eigenvalue weighted by Crippen LogP contribution is 2.38. The number of carbonyl (C=O) groups is 2. The number of hydrogen-bond donors (Lipinski definition) is 2. The molecular formula is C21H20Cl2FN3O3S. The molecule has 0 aliphatic carbocycles. The molecular weight excluding hydrogens is 464 g/mol.